The Hall–Kier alpha value is -1.84. The van der Waals surface area contributed by atoms with Crippen molar-refractivity contribution in [2.45, 2.75) is 25.2 Å². The molecule has 0 heterocycles. The highest BCUT2D eigenvalue weighted by Gasteiger charge is 2.32. The van der Waals surface area contributed by atoms with Gasteiger partial charge in [-0.15, -0.1) is 0 Å². The Morgan fingerprint density at radius 3 is 2.33 bits per heavy atom. The van der Waals surface area contributed by atoms with E-state index in [1.54, 1.807) is 6.26 Å². The zero-order chi connectivity index (χ0) is 18.5. The Bertz CT molecular complexity index is 612. The summed E-state index contributed by atoms with van der Waals surface area (Å²) in [4.78, 5) is 12.1. The van der Waals surface area contributed by atoms with Crippen molar-refractivity contribution in [3.05, 3.63) is 41.6 Å². The normalized spacial score (nSPS) is 12.0. The Morgan fingerprint density at radius 1 is 1.21 bits per heavy atom. The maximum absolute atomic E-state index is 12.8. The van der Waals surface area contributed by atoms with Crippen LogP contribution in [-0.2, 0) is 6.18 Å². The number of alkyl halides is 6. The first-order valence-corrected chi connectivity index (χ1v) is 7.72. The molecule has 1 aromatic carbocycles. The molecule has 0 atom stereocenters. The minimum absolute atomic E-state index is 0.108. The third kappa shape index (κ3) is 6.34. The number of benzene rings is 1. The van der Waals surface area contributed by atoms with Gasteiger partial charge in [0, 0.05) is 18.4 Å². The van der Waals surface area contributed by atoms with Crippen molar-refractivity contribution in [3.63, 3.8) is 0 Å². The van der Waals surface area contributed by atoms with E-state index in [-0.39, 0.29) is 16.9 Å². The number of rotatable bonds is 6. The van der Waals surface area contributed by atoms with Gasteiger partial charge < -0.3 is 10.0 Å². The first-order chi connectivity index (χ1) is 10.9. The quantitative estimate of drug-likeness (QED) is 0.547. The molecule has 134 valence electrons. The molecule has 10 heteroatoms. The van der Waals surface area contributed by atoms with Crippen LogP contribution in [0.5, 0.6) is 0 Å². The highest BCUT2D eigenvalue weighted by Crippen LogP contribution is 2.32. The van der Waals surface area contributed by atoms with Crippen molar-refractivity contribution in [2.75, 3.05) is 11.0 Å². The molecule has 0 aliphatic carbocycles. The first-order valence-electron chi connectivity index (χ1n) is 6.50. The van der Waals surface area contributed by atoms with Crippen LogP contribution >= 0.6 is 11.9 Å². The predicted molar refractivity (Wildman–Crippen MR) is 80.5 cm³/mol. The summed E-state index contributed by atoms with van der Waals surface area (Å²) in [6, 6.07) is 2.51. The summed E-state index contributed by atoms with van der Waals surface area (Å²) in [6.45, 7) is 3.29. The first kappa shape index (κ1) is 20.2. The SMILES string of the molecule is C=C(CCC(F)(F)F)NC(=O)c1cc(C(F)(F)F)ccc1NSC. The van der Waals surface area contributed by atoms with E-state index in [2.05, 4.69) is 16.6 Å². The number of halogens is 6. The van der Waals surface area contributed by atoms with E-state index in [1.165, 1.54) is 0 Å². The van der Waals surface area contributed by atoms with E-state index in [0.29, 0.717) is 6.07 Å². The van der Waals surface area contributed by atoms with Gasteiger partial charge in [0.2, 0.25) is 0 Å². The molecule has 0 saturated heterocycles. The van der Waals surface area contributed by atoms with Gasteiger partial charge in [-0.1, -0.05) is 18.5 Å². The van der Waals surface area contributed by atoms with Crippen molar-refractivity contribution in [2.24, 2.45) is 0 Å². The monoisotopic (exact) mass is 372 g/mol. The molecule has 0 saturated carbocycles. The van der Waals surface area contributed by atoms with E-state index >= 15 is 0 Å². The van der Waals surface area contributed by atoms with Gasteiger partial charge in [-0.3, -0.25) is 4.79 Å². The molecule has 0 spiro atoms. The Labute approximate surface area is 138 Å². The van der Waals surface area contributed by atoms with E-state index in [4.69, 9.17) is 0 Å². The lowest BCUT2D eigenvalue weighted by molar-refractivity contribution is -0.137. The second-order valence-corrected chi connectivity index (χ2v) is 5.35. The predicted octanol–water partition coefficient (Wildman–Crippen LogP) is 4.98. The Kier molecular flexibility index (Phi) is 6.58. The summed E-state index contributed by atoms with van der Waals surface area (Å²) < 4.78 is 77.3. The lowest BCUT2D eigenvalue weighted by Gasteiger charge is -2.15. The van der Waals surface area contributed by atoms with Gasteiger partial charge >= 0.3 is 12.4 Å². The Morgan fingerprint density at radius 2 is 1.83 bits per heavy atom. The molecule has 0 unspecified atom stereocenters. The molecule has 0 aliphatic heterocycles. The fourth-order valence-corrected chi connectivity index (χ4v) is 2.09. The molecular weight excluding hydrogens is 358 g/mol. The molecule has 2 N–H and O–H groups in total. The minimum atomic E-state index is -4.65. The standard InChI is InChI=1S/C14H14F6N2OS/c1-8(5-6-13(15,16)17)21-12(23)10-7-9(14(18,19)20)3-4-11(10)22-24-2/h3-4,7,22H,1,5-6H2,2H3,(H,21,23). The van der Waals surface area contributed by atoms with Crippen molar-refractivity contribution < 1.29 is 31.1 Å². The van der Waals surface area contributed by atoms with Gasteiger partial charge in [0.25, 0.3) is 5.91 Å². The van der Waals surface area contributed by atoms with Gasteiger partial charge in [-0.2, -0.15) is 26.3 Å². The molecule has 1 rings (SSSR count). The minimum Gasteiger partial charge on any atom is -0.329 e. The lowest BCUT2D eigenvalue weighted by atomic mass is 10.1. The van der Waals surface area contributed by atoms with Crippen molar-refractivity contribution >= 4 is 23.5 Å². The number of hydrogen-bond donors (Lipinski definition) is 2. The van der Waals surface area contributed by atoms with Gasteiger partial charge in [-0.25, -0.2) is 0 Å². The third-order valence-electron chi connectivity index (χ3n) is 2.80. The molecule has 0 radical (unpaired) electrons. The lowest BCUT2D eigenvalue weighted by Crippen LogP contribution is -2.24. The Balaban J connectivity index is 2.96. The van der Waals surface area contributed by atoms with Crippen LogP contribution in [0.15, 0.2) is 30.5 Å². The molecule has 0 fully saturated rings. The van der Waals surface area contributed by atoms with Crippen LogP contribution in [0.3, 0.4) is 0 Å². The van der Waals surface area contributed by atoms with Crippen molar-refractivity contribution in [1.82, 2.24) is 5.32 Å². The fraction of sp³-hybridized carbons (Fsp3) is 0.357. The number of nitrogens with one attached hydrogen (secondary N) is 2. The molecule has 0 bridgehead atoms. The average molecular weight is 372 g/mol. The molecule has 1 aromatic rings. The number of anilines is 1. The van der Waals surface area contributed by atoms with E-state index in [1.807, 2.05) is 0 Å². The van der Waals surface area contributed by atoms with Crippen LogP contribution in [0.4, 0.5) is 32.0 Å². The van der Waals surface area contributed by atoms with Crippen LogP contribution < -0.4 is 10.0 Å². The smallest absolute Gasteiger partial charge is 0.329 e. The summed E-state index contributed by atoms with van der Waals surface area (Å²) in [6.07, 6.45) is -9.22. The zero-order valence-corrected chi connectivity index (χ0v) is 13.3. The van der Waals surface area contributed by atoms with Gasteiger partial charge in [0.05, 0.1) is 16.8 Å². The number of amides is 1. The van der Waals surface area contributed by atoms with Gasteiger partial charge in [0.1, 0.15) is 0 Å². The maximum Gasteiger partial charge on any atom is 0.416 e. The van der Waals surface area contributed by atoms with Crippen molar-refractivity contribution in [3.8, 4) is 0 Å². The molecular formula is C14H14F6N2OS. The van der Waals surface area contributed by atoms with Crippen LogP contribution in [0.25, 0.3) is 0 Å². The largest absolute Gasteiger partial charge is 0.416 e. The molecule has 0 aromatic heterocycles. The maximum atomic E-state index is 12.8. The highest BCUT2D eigenvalue weighted by atomic mass is 32.2. The van der Waals surface area contributed by atoms with Gasteiger partial charge in [0.15, 0.2) is 0 Å². The summed E-state index contributed by atoms with van der Waals surface area (Å²) >= 11 is 1.05. The summed E-state index contributed by atoms with van der Waals surface area (Å²) in [5.41, 5.74) is -1.51. The third-order valence-corrected chi connectivity index (χ3v) is 3.23. The van der Waals surface area contributed by atoms with Gasteiger partial charge in [-0.05, 0) is 24.6 Å². The fourth-order valence-electron chi connectivity index (χ4n) is 1.69. The topological polar surface area (TPSA) is 41.1 Å². The number of allylic oxidation sites excluding steroid dienone is 1. The molecule has 1 amide bonds. The van der Waals surface area contributed by atoms with Crippen LogP contribution in [0.2, 0.25) is 0 Å². The van der Waals surface area contributed by atoms with Crippen LogP contribution in [0.1, 0.15) is 28.8 Å². The van der Waals surface area contributed by atoms with E-state index in [0.717, 1.165) is 24.1 Å². The van der Waals surface area contributed by atoms with E-state index in [9.17, 15) is 31.1 Å². The zero-order valence-electron chi connectivity index (χ0n) is 12.4. The highest BCUT2D eigenvalue weighted by molar-refractivity contribution is 7.99. The van der Waals surface area contributed by atoms with Crippen LogP contribution in [0, 0.1) is 0 Å². The second-order valence-electron chi connectivity index (χ2n) is 4.74. The van der Waals surface area contributed by atoms with E-state index < -0.39 is 36.7 Å². The summed E-state index contributed by atoms with van der Waals surface area (Å²) in [5.74, 6) is -0.968. The van der Waals surface area contributed by atoms with Crippen molar-refractivity contribution in [1.29, 1.82) is 0 Å². The molecule has 0 aliphatic rings. The molecule has 3 nitrogen and oxygen atoms in total. The summed E-state index contributed by atoms with van der Waals surface area (Å²) in [5, 5.41) is 2.10. The number of carbonyl (C=O) groups is 1. The molecule has 24 heavy (non-hydrogen) atoms. The average Bonchev–Trinajstić information content (AvgIpc) is 2.44. The second kappa shape index (κ2) is 7.82. The van der Waals surface area contributed by atoms with Crippen LogP contribution in [-0.4, -0.2) is 18.3 Å². The number of carbonyl (C=O) groups excluding carboxylic acids is 1. The summed E-state index contributed by atoms with van der Waals surface area (Å²) in [7, 11) is 0. The number of hydrogen-bond acceptors (Lipinski definition) is 3.